The number of carbonyl (C=O) groups excluding carboxylic acids is 2. The van der Waals surface area contributed by atoms with Gasteiger partial charge >= 0.3 is 0 Å². The molecule has 0 saturated heterocycles. The highest BCUT2D eigenvalue weighted by Gasteiger charge is 2.33. The molecule has 1 aliphatic rings. The van der Waals surface area contributed by atoms with E-state index in [1.165, 1.54) is 0 Å². The fourth-order valence-electron chi connectivity index (χ4n) is 4.22. The molecule has 0 unspecified atom stereocenters. The smallest absolute Gasteiger partial charge is 0.296 e. The van der Waals surface area contributed by atoms with E-state index in [-0.39, 0.29) is 28.9 Å². The number of nitrogens with one attached hydrogen (secondary N) is 2. The van der Waals surface area contributed by atoms with Crippen LogP contribution in [0.5, 0.6) is 0 Å². The third-order valence-corrected chi connectivity index (χ3v) is 5.57. The number of aromatic nitrogens is 1. The van der Waals surface area contributed by atoms with Crippen molar-refractivity contribution < 1.29 is 18.4 Å². The summed E-state index contributed by atoms with van der Waals surface area (Å²) in [6, 6.07) is -0.166. The standard InChI is InChI=1S/C21H23F2N3O2/c1-4-6-14(27)26-13-8-5-7-12(9-13)16-15-10(2)11(3)25-20(15)17(21(24)28)19(23)18(16)22/h12-13,25H,5,7-9H2,1-3H3,(H2,24,28)(H,26,27)/t12-,13+/m0/s1. The van der Waals surface area contributed by atoms with Crippen molar-refractivity contribution in [1.29, 1.82) is 0 Å². The number of carbonyl (C=O) groups is 2. The fourth-order valence-corrected chi connectivity index (χ4v) is 4.22. The molecule has 0 bridgehead atoms. The van der Waals surface area contributed by atoms with Crippen LogP contribution in [0.2, 0.25) is 0 Å². The summed E-state index contributed by atoms with van der Waals surface area (Å²) < 4.78 is 29.9. The molecule has 3 rings (SSSR count). The molecule has 2 atom stereocenters. The number of benzene rings is 1. The average molecular weight is 387 g/mol. The average Bonchev–Trinajstić information content (AvgIpc) is 2.91. The van der Waals surface area contributed by atoms with E-state index in [4.69, 9.17) is 5.73 Å². The Labute approximate surface area is 162 Å². The van der Waals surface area contributed by atoms with E-state index in [9.17, 15) is 14.0 Å². The molecule has 2 amide bonds. The lowest BCUT2D eigenvalue weighted by molar-refractivity contribution is -0.116. The van der Waals surface area contributed by atoms with Gasteiger partial charge in [-0.15, -0.1) is 0 Å². The molecule has 5 nitrogen and oxygen atoms in total. The summed E-state index contributed by atoms with van der Waals surface area (Å²) in [5.74, 6) is 1.06. The summed E-state index contributed by atoms with van der Waals surface area (Å²) in [4.78, 5) is 26.5. The molecular weight excluding hydrogens is 364 g/mol. The molecule has 148 valence electrons. The number of nitrogens with two attached hydrogens (primary N) is 1. The maximum absolute atomic E-state index is 15.1. The number of hydrogen-bond acceptors (Lipinski definition) is 2. The minimum atomic E-state index is -1.22. The van der Waals surface area contributed by atoms with Crippen LogP contribution in [0.1, 0.15) is 65.7 Å². The van der Waals surface area contributed by atoms with Gasteiger partial charge in [0, 0.05) is 22.7 Å². The van der Waals surface area contributed by atoms with E-state index in [1.54, 1.807) is 20.8 Å². The lowest BCUT2D eigenvalue weighted by Crippen LogP contribution is -2.37. The van der Waals surface area contributed by atoms with Crippen LogP contribution in [0, 0.1) is 37.3 Å². The number of aromatic amines is 1. The molecule has 28 heavy (non-hydrogen) atoms. The second-order valence-electron chi connectivity index (χ2n) is 7.31. The van der Waals surface area contributed by atoms with Crippen molar-refractivity contribution in [2.24, 2.45) is 5.73 Å². The summed E-state index contributed by atoms with van der Waals surface area (Å²) >= 11 is 0. The molecule has 0 spiro atoms. The number of hydrogen-bond donors (Lipinski definition) is 3. The van der Waals surface area contributed by atoms with Gasteiger partial charge in [0.1, 0.15) is 5.56 Å². The Balaban J connectivity index is 2.11. The van der Waals surface area contributed by atoms with Crippen LogP contribution in [-0.4, -0.2) is 22.8 Å². The number of primary amides is 1. The largest absolute Gasteiger partial charge is 0.365 e. The third-order valence-electron chi connectivity index (χ3n) is 5.57. The monoisotopic (exact) mass is 387 g/mol. The van der Waals surface area contributed by atoms with Gasteiger partial charge in [-0.25, -0.2) is 8.78 Å². The molecule has 7 heteroatoms. The Morgan fingerprint density at radius 1 is 1.21 bits per heavy atom. The zero-order valence-corrected chi connectivity index (χ0v) is 16.1. The Morgan fingerprint density at radius 2 is 1.93 bits per heavy atom. The number of rotatable bonds is 3. The molecule has 2 aromatic rings. The van der Waals surface area contributed by atoms with Crippen LogP contribution >= 0.6 is 0 Å². The Morgan fingerprint density at radius 3 is 2.57 bits per heavy atom. The van der Waals surface area contributed by atoms with Crippen LogP contribution in [0.3, 0.4) is 0 Å². The van der Waals surface area contributed by atoms with Gasteiger partial charge in [0.05, 0.1) is 5.52 Å². The SMILES string of the molecule is CC#CC(=O)N[C@@H]1CCC[C@H](c2c(F)c(F)c(C(N)=O)c3[nH]c(C)c(C)c23)C1. The predicted octanol–water partition coefficient (Wildman–Crippen LogP) is 3.33. The number of amides is 2. The third kappa shape index (κ3) is 3.35. The molecule has 1 aromatic carbocycles. The van der Waals surface area contributed by atoms with Crippen LogP contribution in [0.15, 0.2) is 0 Å². The van der Waals surface area contributed by atoms with Crippen molar-refractivity contribution >= 4 is 22.7 Å². The van der Waals surface area contributed by atoms with E-state index in [0.29, 0.717) is 18.2 Å². The van der Waals surface area contributed by atoms with Crippen molar-refractivity contribution in [1.82, 2.24) is 10.3 Å². The van der Waals surface area contributed by atoms with Crippen molar-refractivity contribution in [2.45, 2.75) is 58.4 Å². The molecule has 1 heterocycles. The highest BCUT2D eigenvalue weighted by Crippen LogP contribution is 2.42. The summed E-state index contributed by atoms with van der Waals surface area (Å²) in [6.45, 7) is 5.17. The quantitative estimate of drug-likeness (QED) is 0.706. The number of halogens is 2. The van der Waals surface area contributed by atoms with Crippen molar-refractivity contribution in [3.8, 4) is 11.8 Å². The lowest BCUT2D eigenvalue weighted by Gasteiger charge is -2.30. The van der Waals surface area contributed by atoms with E-state index in [2.05, 4.69) is 22.1 Å². The van der Waals surface area contributed by atoms with E-state index in [0.717, 1.165) is 24.1 Å². The molecule has 0 aliphatic heterocycles. The first kappa shape index (κ1) is 19.9. The van der Waals surface area contributed by atoms with Gasteiger partial charge in [0.2, 0.25) is 0 Å². The molecule has 4 N–H and O–H groups in total. The van der Waals surface area contributed by atoms with Crippen molar-refractivity contribution in [2.75, 3.05) is 0 Å². The van der Waals surface area contributed by atoms with Crippen molar-refractivity contribution in [3.05, 3.63) is 34.0 Å². The normalized spacial score (nSPS) is 19.2. The van der Waals surface area contributed by atoms with Crippen LogP contribution in [0.25, 0.3) is 10.9 Å². The zero-order valence-electron chi connectivity index (χ0n) is 16.1. The maximum Gasteiger partial charge on any atom is 0.296 e. The minimum absolute atomic E-state index is 0.166. The molecular formula is C21H23F2N3O2. The van der Waals surface area contributed by atoms with Gasteiger partial charge in [0.15, 0.2) is 11.6 Å². The molecule has 1 aliphatic carbocycles. The minimum Gasteiger partial charge on any atom is -0.365 e. The first-order valence-corrected chi connectivity index (χ1v) is 9.29. The highest BCUT2D eigenvalue weighted by molar-refractivity contribution is 6.07. The zero-order chi connectivity index (χ0) is 20.6. The van der Waals surface area contributed by atoms with Gasteiger partial charge in [-0.3, -0.25) is 9.59 Å². The van der Waals surface area contributed by atoms with E-state index < -0.39 is 23.1 Å². The van der Waals surface area contributed by atoms with E-state index >= 15 is 4.39 Å². The van der Waals surface area contributed by atoms with E-state index in [1.807, 2.05) is 0 Å². The molecule has 1 fully saturated rings. The summed E-state index contributed by atoms with van der Waals surface area (Å²) in [5.41, 5.74) is 6.83. The van der Waals surface area contributed by atoms with Gasteiger partial charge in [-0.05, 0) is 57.4 Å². The van der Waals surface area contributed by atoms with Gasteiger partial charge in [-0.2, -0.15) is 0 Å². The van der Waals surface area contributed by atoms with Crippen LogP contribution in [0.4, 0.5) is 8.78 Å². The summed E-state index contributed by atoms with van der Waals surface area (Å²) in [7, 11) is 0. The first-order chi connectivity index (χ1) is 13.3. The second-order valence-corrected chi connectivity index (χ2v) is 7.31. The van der Waals surface area contributed by atoms with Crippen LogP contribution < -0.4 is 11.1 Å². The van der Waals surface area contributed by atoms with Gasteiger partial charge in [-0.1, -0.05) is 12.3 Å². The fraction of sp³-hybridized carbons (Fsp3) is 0.429. The Kier molecular flexibility index (Phi) is 5.41. The van der Waals surface area contributed by atoms with Crippen molar-refractivity contribution in [3.63, 3.8) is 0 Å². The molecule has 1 aromatic heterocycles. The summed E-state index contributed by atoms with van der Waals surface area (Å²) in [5, 5.41) is 3.35. The topological polar surface area (TPSA) is 88.0 Å². The second kappa shape index (κ2) is 7.63. The first-order valence-electron chi connectivity index (χ1n) is 9.29. The molecule has 0 radical (unpaired) electrons. The molecule has 1 saturated carbocycles. The summed E-state index contributed by atoms with van der Waals surface area (Å²) in [6.07, 6.45) is 2.65. The number of fused-ring (bicyclic) bond motifs is 1. The van der Waals surface area contributed by atoms with Gasteiger partial charge < -0.3 is 16.0 Å². The maximum atomic E-state index is 15.1. The Hall–Kier alpha value is -2.88. The van der Waals surface area contributed by atoms with Gasteiger partial charge in [0.25, 0.3) is 11.8 Å². The number of H-pyrrole nitrogens is 1. The highest BCUT2D eigenvalue weighted by atomic mass is 19.2. The lowest BCUT2D eigenvalue weighted by atomic mass is 9.79. The Bertz CT molecular complexity index is 1030. The predicted molar refractivity (Wildman–Crippen MR) is 103 cm³/mol. The van der Waals surface area contributed by atoms with Crippen LogP contribution in [-0.2, 0) is 4.79 Å². The number of aryl methyl sites for hydroxylation is 2.